The van der Waals surface area contributed by atoms with Crippen LogP contribution in [-0.2, 0) is 4.74 Å². The molecule has 0 unspecified atom stereocenters. The molecule has 2 aliphatic heterocycles. The number of carbonyl (C=O) groups is 1. The van der Waals surface area contributed by atoms with Crippen molar-refractivity contribution < 1.29 is 34.4 Å². The highest BCUT2D eigenvalue weighted by Gasteiger charge is 2.35. The van der Waals surface area contributed by atoms with E-state index in [0.717, 1.165) is 4.57 Å². The second-order valence-electron chi connectivity index (χ2n) is 9.96. The number of aromatic hydroxyl groups is 1. The fourth-order valence-corrected chi connectivity index (χ4v) is 5.14. The maximum atomic E-state index is 12.5. The second-order valence-corrected chi connectivity index (χ2v) is 9.96. The van der Waals surface area contributed by atoms with E-state index < -0.39 is 42.3 Å². The Balaban J connectivity index is 1.45. The molecule has 0 radical (unpaired) electrons. The van der Waals surface area contributed by atoms with Crippen molar-refractivity contribution in [3.8, 4) is 40.0 Å². The number of hydrogen-bond donors (Lipinski definition) is 5. The van der Waals surface area contributed by atoms with E-state index in [1.807, 2.05) is 0 Å². The number of fused-ring (bicyclic) bond motifs is 2. The van der Waals surface area contributed by atoms with Crippen molar-refractivity contribution in [1.82, 2.24) is 9.55 Å². The van der Waals surface area contributed by atoms with Gasteiger partial charge >= 0.3 is 11.7 Å². The zero-order valence-corrected chi connectivity index (χ0v) is 22.1. The van der Waals surface area contributed by atoms with Crippen LogP contribution in [0.1, 0.15) is 34.1 Å². The van der Waals surface area contributed by atoms with Crippen LogP contribution >= 0.6 is 0 Å². The smallest absolute Gasteiger partial charge is 0.336 e. The molecule has 43 heavy (non-hydrogen) atoms. The Morgan fingerprint density at radius 1 is 1.02 bits per heavy atom. The fraction of sp³-hybridized carbons (Fsp3) is 0.161. The van der Waals surface area contributed by atoms with Crippen LogP contribution in [0.3, 0.4) is 0 Å². The molecule has 1 saturated heterocycles. The van der Waals surface area contributed by atoms with Crippen LogP contribution in [-0.4, -0.2) is 54.8 Å². The van der Waals surface area contributed by atoms with Gasteiger partial charge in [-0.05, 0) is 42.0 Å². The summed E-state index contributed by atoms with van der Waals surface area (Å²) in [7, 11) is 0. The predicted molar refractivity (Wildman–Crippen MR) is 152 cm³/mol. The van der Waals surface area contributed by atoms with Crippen LogP contribution in [0, 0.1) is 11.8 Å². The van der Waals surface area contributed by atoms with E-state index in [1.165, 1.54) is 36.5 Å². The minimum absolute atomic E-state index is 0.0133. The standard InChI is InChI=1S/C31H22N2O10/c34-14-26-23(37)12-27(43-26)33-13-16(29(38)32-31(33)41)3-1-15-2-6-19(22(9-15)30(39)40)28-20-7-4-17(35)10-24(20)42-25-11-18(36)5-8-21(25)28/h2,4-11,13,23,26-27,34-35,37H,12,14H2,(H,39,40)(H,32,38,41)/t23-,26+,27+/m0/s1. The van der Waals surface area contributed by atoms with Gasteiger partial charge in [0.15, 0.2) is 5.43 Å². The van der Waals surface area contributed by atoms with Gasteiger partial charge in [-0.15, -0.1) is 0 Å². The number of ether oxygens (including phenoxy) is 1. The molecule has 3 aromatic rings. The number of aliphatic hydroxyl groups is 2. The first-order valence-electron chi connectivity index (χ1n) is 13.0. The van der Waals surface area contributed by atoms with Gasteiger partial charge in [-0.2, -0.15) is 0 Å². The first-order chi connectivity index (χ1) is 20.6. The van der Waals surface area contributed by atoms with Gasteiger partial charge < -0.3 is 29.6 Å². The van der Waals surface area contributed by atoms with Gasteiger partial charge in [0.05, 0.1) is 18.3 Å². The highest BCUT2D eigenvalue weighted by Crippen LogP contribution is 2.42. The summed E-state index contributed by atoms with van der Waals surface area (Å²) in [5.41, 5.74) is -0.351. The van der Waals surface area contributed by atoms with Gasteiger partial charge in [-0.1, -0.05) is 17.9 Å². The van der Waals surface area contributed by atoms with Gasteiger partial charge in [0.25, 0.3) is 5.56 Å². The van der Waals surface area contributed by atoms with E-state index in [9.17, 15) is 39.6 Å². The Morgan fingerprint density at radius 3 is 2.56 bits per heavy atom. The number of rotatable bonds is 4. The lowest BCUT2D eigenvalue weighted by molar-refractivity contribution is -0.0459. The lowest BCUT2D eigenvalue weighted by atomic mass is 9.90. The van der Waals surface area contributed by atoms with Gasteiger partial charge in [-0.25, -0.2) is 9.59 Å². The summed E-state index contributed by atoms with van der Waals surface area (Å²) in [6.07, 6.45) is -1.62. The maximum Gasteiger partial charge on any atom is 0.336 e. The average Bonchev–Trinajstić information content (AvgIpc) is 3.35. The van der Waals surface area contributed by atoms with Gasteiger partial charge in [0.1, 0.15) is 35.0 Å². The van der Waals surface area contributed by atoms with Gasteiger partial charge in [0.2, 0.25) is 0 Å². The van der Waals surface area contributed by atoms with E-state index in [-0.39, 0.29) is 45.6 Å². The van der Waals surface area contributed by atoms with Crippen LogP contribution in [0.15, 0.2) is 79.6 Å². The maximum absolute atomic E-state index is 12.5. The van der Waals surface area contributed by atoms with Crippen LogP contribution in [0.5, 0.6) is 5.75 Å². The molecule has 0 amide bonds. The molecule has 6 rings (SSSR count). The predicted octanol–water partition coefficient (Wildman–Crippen LogP) is 1.86. The molecule has 1 aromatic heterocycles. The van der Waals surface area contributed by atoms with Gasteiger partial charge in [0, 0.05) is 46.8 Å². The second kappa shape index (κ2) is 10.7. The lowest BCUT2D eigenvalue weighted by Gasteiger charge is -2.17. The number of phenolic OH excluding ortho intramolecular Hbond substituents is 1. The Bertz CT molecular complexity index is 2130. The summed E-state index contributed by atoms with van der Waals surface area (Å²) in [6.45, 7) is -0.449. The van der Waals surface area contributed by atoms with Crippen molar-refractivity contribution in [2.75, 3.05) is 6.61 Å². The van der Waals surface area contributed by atoms with Crippen LogP contribution in [0.25, 0.3) is 33.4 Å². The number of nitrogens with one attached hydrogen (secondary N) is 1. The summed E-state index contributed by atoms with van der Waals surface area (Å²) < 4.78 is 12.4. The SMILES string of the molecule is O=C(O)c1cc(C#Cc2cn([C@H]3C[C@H](O)[C@@H](CO)O3)c(=O)[nH]c2=O)ccc1-c1c2ccc(=O)cc-2oc2cc(O)ccc12. The third kappa shape index (κ3) is 5.08. The molecule has 216 valence electrons. The van der Waals surface area contributed by atoms with E-state index in [0.29, 0.717) is 22.1 Å². The molecule has 0 spiro atoms. The number of phenols is 1. The van der Waals surface area contributed by atoms with E-state index in [1.54, 1.807) is 24.3 Å². The number of carboxylic acids is 1. The quantitative estimate of drug-likeness (QED) is 0.154. The number of aromatic nitrogens is 2. The van der Waals surface area contributed by atoms with Crippen molar-refractivity contribution in [1.29, 1.82) is 0 Å². The largest absolute Gasteiger partial charge is 0.508 e. The fourth-order valence-electron chi connectivity index (χ4n) is 5.14. The molecule has 3 heterocycles. The zero-order valence-electron chi connectivity index (χ0n) is 22.1. The van der Waals surface area contributed by atoms with Gasteiger partial charge in [-0.3, -0.25) is 19.1 Å². The Hall–Kier alpha value is -5.48. The number of aromatic amines is 1. The molecule has 5 N–H and O–H groups in total. The minimum atomic E-state index is -1.26. The zero-order chi connectivity index (χ0) is 30.4. The van der Waals surface area contributed by atoms with Crippen molar-refractivity contribution in [2.45, 2.75) is 24.9 Å². The molecular weight excluding hydrogens is 560 g/mol. The third-order valence-electron chi connectivity index (χ3n) is 7.20. The molecule has 0 bridgehead atoms. The number of nitrogens with zero attached hydrogens (tertiary/aromatic N) is 1. The first-order valence-corrected chi connectivity index (χ1v) is 13.0. The number of benzene rings is 3. The summed E-state index contributed by atoms with van der Waals surface area (Å²) in [6, 6.07) is 13.0. The number of hydrogen-bond acceptors (Lipinski definition) is 9. The van der Waals surface area contributed by atoms with Crippen LogP contribution in [0.2, 0.25) is 0 Å². The molecular formula is C31H22N2O10. The van der Waals surface area contributed by atoms with Crippen molar-refractivity contribution in [3.05, 3.63) is 109 Å². The first kappa shape index (κ1) is 27.7. The molecule has 1 aliphatic carbocycles. The molecule has 3 aliphatic rings. The molecule has 0 saturated carbocycles. The number of carboxylic acid groups (broad SMARTS) is 1. The topological polar surface area (TPSA) is 192 Å². The normalized spacial score (nSPS) is 18.0. The van der Waals surface area contributed by atoms with Crippen LogP contribution in [0.4, 0.5) is 0 Å². The van der Waals surface area contributed by atoms with E-state index in [4.69, 9.17) is 9.15 Å². The number of H-pyrrole nitrogens is 1. The Labute approximate surface area is 241 Å². The lowest BCUT2D eigenvalue weighted by Crippen LogP contribution is -2.33. The number of aliphatic hydroxyl groups excluding tert-OH is 2. The highest BCUT2D eigenvalue weighted by molar-refractivity contribution is 6.07. The third-order valence-corrected chi connectivity index (χ3v) is 7.20. The Kier molecular flexibility index (Phi) is 6.91. The van der Waals surface area contributed by atoms with Crippen molar-refractivity contribution in [2.24, 2.45) is 0 Å². The minimum Gasteiger partial charge on any atom is -0.508 e. The summed E-state index contributed by atoms with van der Waals surface area (Å²) in [5, 5.41) is 40.0. The van der Waals surface area contributed by atoms with Crippen LogP contribution < -0.4 is 16.7 Å². The van der Waals surface area contributed by atoms with Crippen molar-refractivity contribution in [3.63, 3.8) is 0 Å². The molecule has 12 nitrogen and oxygen atoms in total. The molecule has 3 atom stereocenters. The van der Waals surface area contributed by atoms with Crippen molar-refractivity contribution >= 4 is 16.9 Å². The Morgan fingerprint density at radius 2 is 1.81 bits per heavy atom. The highest BCUT2D eigenvalue weighted by atomic mass is 16.5. The molecule has 2 aromatic carbocycles. The molecule has 12 heteroatoms. The molecule has 1 fully saturated rings. The number of aromatic carboxylic acids is 1. The van der Waals surface area contributed by atoms with E-state index >= 15 is 0 Å². The van der Waals surface area contributed by atoms with E-state index in [2.05, 4.69) is 16.8 Å². The summed E-state index contributed by atoms with van der Waals surface area (Å²) in [5.74, 6) is 4.29. The average molecular weight is 583 g/mol. The summed E-state index contributed by atoms with van der Waals surface area (Å²) >= 11 is 0. The summed E-state index contributed by atoms with van der Waals surface area (Å²) in [4.78, 5) is 51.5. The monoisotopic (exact) mass is 582 g/mol.